The van der Waals surface area contributed by atoms with Gasteiger partial charge in [-0.1, -0.05) is 11.6 Å². The molecule has 1 rings (SSSR count). The molecule has 1 heterocycles. The third kappa shape index (κ3) is 1.77. The molecule has 1 aliphatic rings. The maximum absolute atomic E-state index is 11.9. The van der Waals surface area contributed by atoms with Crippen molar-refractivity contribution in [2.75, 3.05) is 0 Å². The van der Waals surface area contributed by atoms with Gasteiger partial charge in [0.15, 0.2) is 0 Å². The van der Waals surface area contributed by atoms with Gasteiger partial charge >= 0.3 is 0 Å². The van der Waals surface area contributed by atoms with Gasteiger partial charge in [0.1, 0.15) is 5.50 Å². The first kappa shape index (κ1) is 7.66. The monoisotopic (exact) mass is 165 g/mol. The number of halogens is 3. The van der Waals surface area contributed by atoms with Gasteiger partial charge in [-0.25, -0.2) is 8.78 Å². The Bertz CT molecular complexity index is 177. The number of dihydropyridines is 1. The summed E-state index contributed by atoms with van der Waals surface area (Å²) >= 11 is 5.45. The summed E-state index contributed by atoms with van der Waals surface area (Å²) in [6.45, 7) is 0. The van der Waals surface area contributed by atoms with Crippen LogP contribution in [0.2, 0.25) is 0 Å². The van der Waals surface area contributed by atoms with Gasteiger partial charge in [0.2, 0.25) is 0 Å². The molecule has 1 aliphatic heterocycles. The highest BCUT2D eigenvalue weighted by Crippen LogP contribution is 2.18. The van der Waals surface area contributed by atoms with Crippen molar-refractivity contribution in [1.29, 1.82) is 0 Å². The van der Waals surface area contributed by atoms with Crippen LogP contribution < -0.4 is 0 Å². The van der Waals surface area contributed by atoms with Crippen molar-refractivity contribution in [2.24, 2.45) is 4.99 Å². The molecule has 0 N–H and O–H groups in total. The zero-order valence-corrected chi connectivity index (χ0v) is 5.85. The van der Waals surface area contributed by atoms with Gasteiger partial charge < -0.3 is 0 Å². The molecule has 0 fully saturated rings. The van der Waals surface area contributed by atoms with E-state index in [0.29, 0.717) is 0 Å². The molecule has 0 aliphatic carbocycles. The van der Waals surface area contributed by atoms with E-state index in [9.17, 15) is 8.78 Å². The first-order valence-corrected chi connectivity index (χ1v) is 3.28. The van der Waals surface area contributed by atoms with Gasteiger partial charge in [-0.2, -0.15) is 0 Å². The van der Waals surface area contributed by atoms with Crippen LogP contribution in [-0.4, -0.2) is 18.1 Å². The predicted octanol–water partition coefficient (Wildman–Crippen LogP) is 2.22. The molecule has 10 heavy (non-hydrogen) atoms. The Kier molecular flexibility index (Phi) is 2.38. The number of alkyl halides is 3. The van der Waals surface area contributed by atoms with Crippen molar-refractivity contribution in [2.45, 2.75) is 18.3 Å². The van der Waals surface area contributed by atoms with Crippen LogP contribution >= 0.6 is 11.6 Å². The quantitative estimate of drug-likeness (QED) is 0.321. The van der Waals surface area contributed by atoms with E-state index >= 15 is 0 Å². The highest BCUT2D eigenvalue weighted by molar-refractivity contribution is 6.22. The SMILES string of the molecule is FC(F)C1=C[C@H](Cl)N=CC1. The predicted molar refractivity (Wildman–Crippen MR) is 36.8 cm³/mol. The average Bonchev–Trinajstić information content (AvgIpc) is 1.88. The van der Waals surface area contributed by atoms with Crippen LogP contribution in [0, 0.1) is 0 Å². The van der Waals surface area contributed by atoms with Crippen molar-refractivity contribution in [3.05, 3.63) is 11.6 Å². The lowest BCUT2D eigenvalue weighted by atomic mass is 10.1. The smallest absolute Gasteiger partial charge is 0.260 e. The van der Waals surface area contributed by atoms with E-state index in [4.69, 9.17) is 11.6 Å². The molecular weight excluding hydrogens is 160 g/mol. The van der Waals surface area contributed by atoms with Crippen LogP contribution in [0.1, 0.15) is 6.42 Å². The number of aliphatic imine (C=N–C) groups is 1. The molecule has 0 bridgehead atoms. The van der Waals surface area contributed by atoms with E-state index < -0.39 is 11.9 Å². The van der Waals surface area contributed by atoms with Gasteiger partial charge in [-0.3, -0.25) is 4.99 Å². The van der Waals surface area contributed by atoms with Crippen LogP contribution in [0.4, 0.5) is 8.78 Å². The molecule has 0 saturated heterocycles. The lowest BCUT2D eigenvalue weighted by Crippen LogP contribution is -2.06. The largest absolute Gasteiger partial charge is 0.274 e. The summed E-state index contributed by atoms with van der Waals surface area (Å²) in [5.74, 6) is 0. The number of hydrogen-bond acceptors (Lipinski definition) is 1. The highest BCUT2D eigenvalue weighted by atomic mass is 35.5. The second-order valence-corrected chi connectivity index (χ2v) is 2.40. The summed E-state index contributed by atoms with van der Waals surface area (Å²) in [5.41, 5.74) is -0.534. The molecule has 0 radical (unpaired) electrons. The number of nitrogens with zero attached hydrogens (tertiary/aromatic N) is 1. The van der Waals surface area contributed by atoms with Gasteiger partial charge in [0, 0.05) is 12.6 Å². The summed E-state index contributed by atoms with van der Waals surface area (Å²) in [5, 5.41) is 0. The third-order valence-corrected chi connectivity index (χ3v) is 1.45. The van der Waals surface area contributed by atoms with Crippen molar-refractivity contribution in [1.82, 2.24) is 0 Å². The Morgan fingerprint density at radius 3 is 2.80 bits per heavy atom. The Labute approximate surface area is 62.4 Å². The number of allylic oxidation sites excluding steroid dienone is 1. The molecule has 0 spiro atoms. The third-order valence-electron chi connectivity index (χ3n) is 1.21. The van der Waals surface area contributed by atoms with Crippen molar-refractivity contribution >= 4 is 17.8 Å². The molecule has 4 heteroatoms. The van der Waals surface area contributed by atoms with E-state index in [1.807, 2.05) is 0 Å². The number of rotatable bonds is 1. The van der Waals surface area contributed by atoms with E-state index in [1.165, 1.54) is 12.3 Å². The van der Waals surface area contributed by atoms with Crippen LogP contribution in [0.25, 0.3) is 0 Å². The minimum atomic E-state index is -2.40. The van der Waals surface area contributed by atoms with E-state index in [2.05, 4.69) is 4.99 Å². The highest BCUT2D eigenvalue weighted by Gasteiger charge is 2.14. The summed E-state index contributed by atoms with van der Waals surface area (Å²) in [6.07, 6.45) is 0.528. The molecule has 0 aromatic carbocycles. The maximum atomic E-state index is 11.9. The van der Waals surface area contributed by atoms with E-state index in [-0.39, 0.29) is 12.0 Å². The standard InChI is InChI=1S/C6H6ClF2N/c7-5-3-4(6(8)9)1-2-10-5/h2-3,5-6H,1H2/t5-/m1/s1. The molecule has 1 atom stereocenters. The molecule has 0 amide bonds. The van der Waals surface area contributed by atoms with Crippen LogP contribution in [0.5, 0.6) is 0 Å². The first-order chi connectivity index (χ1) is 4.70. The first-order valence-electron chi connectivity index (χ1n) is 2.84. The lowest BCUT2D eigenvalue weighted by Gasteiger charge is -2.08. The Morgan fingerprint density at radius 1 is 1.70 bits per heavy atom. The fraction of sp³-hybridized carbons (Fsp3) is 0.500. The van der Waals surface area contributed by atoms with E-state index in [1.54, 1.807) is 0 Å². The molecular formula is C6H6ClF2N. The van der Waals surface area contributed by atoms with Crippen LogP contribution in [0.15, 0.2) is 16.6 Å². The normalized spacial score (nSPS) is 25.2. The Balaban J connectivity index is 2.62. The topological polar surface area (TPSA) is 12.4 Å². The van der Waals surface area contributed by atoms with Gasteiger partial charge in [0.25, 0.3) is 6.43 Å². The lowest BCUT2D eigenvalue weighted by molar-refractivity contribution is 0.187. The fourth-order valence-corrected chi connectivity index (χ4v) is 0.950. The van der Waals surface area contributed by atoms with Gasteiger partial charge in [-0.05, 0) is 11.6 Å². The van der Waals surface area contributed by atoms with Gasteiger partial charge in [0.05, 0.1) is 0 Å². The van der Waals surface area contributed by atoms with Crippen molar-refractivity contribution < 1.29 is 8.78 Å². The number of hydrogen-bond donors (Lipinski definition) is 0. The summed E-state index contributed by atoms with van der Waals surface area (Å²) in [4.78, 5) is 3.69. The van der Waals surface area contributed by atoms with Crippen LogP contribution in [-0.2, 0) is 0 Å². The molecule has 1 nitrogen and oxygen atoms in total. The molecule has 56 valence electrons. The summed E-state index contributed by atoms with van der Waals surface area (Å²) < 4.78 is 23.8. The molecule has 0 aromatic rings. The zero-order chi connectivity index (χ0) is 7.56. The van der Waals surface area contributed by atoms with Gasteiger partial charge in [-0.15, -0.1) is 0 Å². The van der Waals surface area contributed by atoms with Crippen LogP contribution in [0.3, 0.4) is 0 Å². The Morgan fingerprint density at radius 2 is 2.40 bits per heavy atom. The minimum absolute atomic E-state index is 0.0648. The molecule has 0 aromatic heterocycles. The van der Waals surface area contributed by atoms with E-state index in [0.717, 1.165) is 0 Å². The van der Waals surface area contributed by atoms with Crippen molar-refractivity contribution in [3.63, 3.8) is 0 Å². The molecule has 0 unspecified atom stereocenters. The maximum Gasteiger partial charge on any atom is 0.260 e. The van der Waals surface area contributed by atoms with Crippen molar-refractivity contribution in [3.8, 4) is 0 Å². The second kappa shape index (κ2) is 3.10. The summed E-state index contributed by atoms with van der Waals surface area (Å²) in [7, 11) is 0. The average molecular weight is 166 g/mol. The Hall–Kier alpha value is -0.440. The second-order valence-electron chi connectivity index (χ2n) is 1.95. The fourth-order valence-electron chi connectivity index (χ4n) is 0.708. The minimum Gasteiger partial charge on any atom is -0.274 e. The molecule has 0 saturated carbocycles. The zero-order valence-electron chi connectivity index (χ0n) is 5.10. The summed E-state index contributed by atoms with van der Waals surface area (Å²) in [6, 6.07) is 0.